The number of methoxy groups -OCH3 is 1. The average Bonchev–Trinajstić information content (AvgIpc) is 2.29. The molecule has 0 unspecified atom stereocenters. The smallest absolute Gasteiger partial charge is 0.120 e. The van der Waals surface area contributed by atoms with Crippen LogP contribution in [0.3, 0.4) is 0 Å². The van der Waals surface area contributed by atoms with E-state index in [1.165, 1.54) is 18.4 Å². The number of benzene rings is 1. The quantitative estimate of drug-likeness (QED) is 0.836. The van der Waals surface area contributed by atoms with Crippen LogP contribution in [0.1, 0.15) is 24.3 Å². The van der Waals surface area contributed by atoms with Crippen LogP contribution in [-0.2, 0) is 0 Å². The van der Waals surface area contributed by atoms with Gasteiger partial charge in [-0.1, -0.05) is 11.6 Å². The Bertz CT molecular complexity index is 334. The molecule has 0 radical (unpaired) electrons. The van der Waals surface area contributed by atoms with Crippen LogP contribution in [0.2, 0.25) is 5.02 Å². The molecule has 1 aliphatic heterocycles. The second kappa shape index (κ2) is 4.86. The highest BCUT2D eigenvalue weighted by Gasteiger charge is 2.16. The van der Waals surface area contributed by atoms with E-state index in [1.54, 1.807) is 7.11 Å². The van der Waals surface area contributed by atoms with Crippen molar-refractivity contribution in [3.05, 3.63) is 28.8 Å². The van der Waals surface area contributed by atoms with E-state index in [9.17, 15) is 0 Å². The maximum Gasteiger partial charge on any atom is 0.120 e. The van der Waals surface area contributed by atoms with Gasteiger partial charge in [0.25, 0.3) is 0 Å². The van der Waals surface area contributed by atoms with Gasteiger partial charge in [-0.25, -0.2) is 0 Å². The first-order valence-corrected chi connectivity index (χ1v) is 5.72. The standard InChI is InChI=1S/C12H16ClNO/c1-15-12-7-10(6-11(13)8-12)9-2-4-14-5-3-9/h6-9,14H,2-5H2,1H3. The molecular weight excluding hydrogens is 210 g/mol. The molecule has 1 aromatic carbocycles. The molecule has 1 aliphatic rings. The van der Waals surface area contributed by atoms with Gasteiger partial charge in [0.15, 0.2) is 0 Å². The van der Waals surface area contributed by atoms with Gasteiger partial charge >= 0.3 is 0 Å². The average molecular weight is 226 g/mol. The van der Waals surface area contributed by atoms with Gasteiger partial charge in [-0.2, -0.15) is 0 Å². The summed E-state index contributed by atoms with van der Waals surface area (Å²) in [5.74, 6) is 1.48. The highest BCUT2D eigenvalue weighted by Crippen LogP contribution is 2.30. The van der Waals surface area contributed by atoms with E-state index < -0.39 is 0 Å². The molecule has 0 amide bonds. The van der Waals surface area contributed by atoms with Gasteiger partial charge < -0.3 is 10.1 Å². The van der Waals surface area contributed by atoms with Crippen molar-refractivity contribution in [2.45, 2.75) is 18.8 Å². The zero-order valence-corrected chi connectivity index (χ0v) is 9.68. The van der Waals surface area contributed by atoms with Crippen LogP contribution in [0.15, 0.2) is 18.2 Å². The summed E-state index contributed by atoms with van der Waals surface area (Å²) in [6.07, 6.45) is 2.37. The molecule has 0 aliphatic carbocycles. The highest BCUT2D eigenvalue weighted by atomic mass is 35.5. The number of piperidine rings is 1. The van der Waals surface area contributed by atoms with Crippen molar-refractivity contribution in [1.82, 2.24) is 5.32 Å². The van der Waals surface area contributed by atoms with Gasteiger partial charge in [0.05, 0.1) is 7.11 Å². The fraction of sp³-hybridized carbons (Fsp3) is 0.500. The summed E-state index contributed by atoms with van der Waals surface area (Å²) in [4.78, 5) is 0. The monoisotopic (exact) mass is 225 g/mol. The van der Waals surface area contributed by atoms with Crippen molar-refractivity contribution in [3.63, 3.8) is 0 Å². The first kappa shape index (κ1) is 10.8. The van der Waals surface area contributed by atoms with E-state index in [0.29, 0.717) is 5.92 Å². The van der Waals surface area contributed by atoms with E-state index in [1.807, 2.05) is 6.07 Å². The lowest BCUT2D eigenvalue weighted by Crippen LogP contribution is -2.26. The van der Waals surface area contributed by atoms with Gasteiger partial charge in [0.2, 0.25) is 0 Å². The lowest BCUT2D eigenvalue weighted by atomic mass is 9.90. The van der Waals surface area contributed by atoms with Crippen LogP contribution in [0.4, 0.5) is 0 Å². The molecular formula is C12H16ClNO. The van der Waals surface area contributed by atoms with E-state index >= 15 is 0 Å². The Labute approximate surface area is 95.6 Å². The summed E-state index contributed by atoms with van der Waals surface area (Å²) in [6, 6.07) is 6.01. The third-order valence-electron chi connectivity index (χ3n) is 2.94. The molecule has 1 heterocycles. The van der Waals surface area contributed by atoms with Gasteiger partial charge in [-0.3, -0.25) is 0 Å². The fourth-order valence-corrected chi connectivity index (χ4v) is 2.33. The minimum atomic E-state index is 0.624. The summed E-state index contributed by atoms with van der Waals surface area (Å²) in [7, 11) is 1.68. The van der Waals surface area contributed by atoms with Crippen molar-refractivity contribution >= 4 is 11.6 Å². The summed E-state index contributed by atoms with van der Waals surface area (Å²) in [5, 5.41) is 4.13. The van der Waals surface area contributed by atoms with Crippen molar-refractivity contribution in [2.24, 2.45) is 0 Å². The third-order valence-corrected chi connectivity index (χ3v) is 3.16. The third kappa shape index (κ3) is 2.64. The number of ether oxygens (including phenoxy) is 1. The SMILES string of the molecule is COc1cc(Cl)cc(C2CCNCC2)c1. The van der Waals surface area contributed by atoms with Crippen LogP contribution < -0.4 is 10.1 Å². The number of rotatable bonds is 2. The molecule has 1 saturated heterocycles. The molecule has 82 valence electrons. The maximum atomic E-state index is 6.05. The molecule has 0 spiro atoms. The van der Waals surface area contributed by atoms with Crippen LogP contribution in [0.5, 0.6) is 5.75 Å². The Morgan fingerprint density at radius 1 is 1.27 bits per heavy atom. The highest BCUT2D eigenvalue weighted by molar-refractivity contribution is 6.30. The molecule has 0 aromatic heterocycles. The first-order valence-electron chi connectivity index (χ1n) is 5.35. The largest absolute Gasteiger partial charge is 0.497 e. The van der Waals surface area contributed by atoms with Crippen LogP contribution in [-0.4, -0.2) is 20.2 Å². The predicted octanol–water partition coefficient (Wildman–Crippen LogP) is 2.82. The number of nitrogens with one attached hydrogen (secondary N) is 1. The Morgan fingerprint density at radius 2 is 2.00 bits per heavy atom. The van der Waals surface area contributed by atoms with Gasteiger partial charge in [0.1, 0.15) is 5.75 Å². The van der Waals surface area contributed by atoms with E-state index in [-0.39, 0.29) is 0 Å². The number of hydrogen-bond donors (Lipinski definition) is 1. The molecule has 0 bridgehead atoms. The van der Waals surface area contributed by atoms with Crippen molar-refractivity contribution < 1.29 is 4.74 Å². The molecule has 1 fully saturated rings. The molecule has 2 nitrogen and oxygen atoms in total. The van der Waals surface area contributed by atoms with Crippen molar-refractivity contribution in [2.75, 3.05) is 20.2 Å². The predicted molar refractivity (Wildman–Crippen MR) is 62.8 cm³/mol. The van der Waals surface area contributed by atoms with Crippen molar-refractivity contribution in [3.8, 4) is 5.75 Å². The minimum Gasteiger partial charge on any atom is -0.497 e. The van der Waals surface area contributed by atoms with E-state index in [2.05, 4.69) is 17.4 Å². The van der Waals surface area contributed by atoms with E-state index in [0.717, 1.165) is 23.9 Å². The second-order valence-corrected chi connectivity index (χ2v) is 4.39. The van der Waals surface area contributed by atoms with Crippen molar-refractivity contribution in [1.29, 1.82) is 0 Å². The molecule has 1 aromatic rings. The summed E-state index contributed by atoms with van der Waals surface area (Å²) >= 11 is 6.05. The maximum absolute atomic E-state index is 6.05. The Kier molecular flexibility index (Phi) is 3.49. The van der Waals surface area contributed by atoms with Crippen LogP contribution >= 0.6 is 11.6 Å². The molecule has 0 saturated carbocycles. The topological polar surface area (TPSA) is 21.3 Å². The Hall–Kier alpha value is -0.730. The van der Waals surface area contributed by atoms with Gasteiger partial charge in [-0.15, -0.1) is 0 Å². The molecule has 1 N–H and O–H groups in total. The van der Waals surface area contributed by atoms with Crippen LogP contribution in [0, 0.1) is 0 Å². The second-order valence-electron chi connectivity index (χ2n) is 3.95. The lowest BCUT2D eigenvalue weighted by Gasteiger charge is -2.23. The van der Waals surface area contributed by atoms with Gasteiger partial charge in [0, 0.05) is 5.02 Å². The minimum absolute atomic E-state index is 0.624. The summed E-state index contributed by atoms with van der Waals surface area (Å²) in [6.45, 7) is 2.19. The first-order chi connectivity index (χ1) is 7.29. The summed E-state index contributed by atoms with van der Waals surface area (Å²) < 4.78 is 5.23. The zero-order chi connectivity index (χ0) is 10.7. The lowest BCUT2D eigenvalue weighted by molar-refractivity contribution is 0.411. The van der Waals surface area contributed by atoms with E-state index in [4.69, 9.17) is 16.3 Å². The number of hydrogen-bond acceptors (Lipinski definition) is 2. The normalized spacial score (nSPS) is 17.7. The Morgan fingerprint density at radius 3 is 2.67 bits per heavy atom. The molecule has 2 rings (SSSR count). The summed E-state index contributed by atoms with van der Waals surface area (Å²) in [5.41, 5.74) is 1.31. The number of halogens is 1. The molecule has 3 heteroatoms. The van der Waals surface area contributed by atoms with Crippen LogP contribution in [0.25, 0.3) is 0 Å². The molecule has 0 atom stereocenters. The zero-order valence-electron chi connectivity index (χ0n) is 8.92. The Balaban J connectivity index is 2.22. The molecule has 15 heavy (non-hydrogen) atoms. The fourth-order valence-electron chi connectivity index (χ4n) is 2.09. The van der Waals surface area contributed by atoms with Gasteiger partial charge in [-0.05, 0) is 55.6 Å².